The SMILES string of the molecule is Cc1ncsc1-c1ccc(NC(=O)C2CC(O)CN2C(=O)[C@@H](NC(=O)P(C)COCN(C)NCc2ccnc3c(NC(=O)c4ccc(N5C(=O)[C@@H]6[C@H](C5=O)[C@@H]5C=C[C@H]6C5)cc4)cccc23)C(C)(C)C)cc1. The lowest BCUT2D eigenvalue weighted by Gasteiger charge is -2.35. The zero-order valence-electron chi connectivity index (χ0n) is 40.4. The average molecular weight is 1000 g/mol. The van der Waals surface area contributed by atoms with E-state index in [-0.39, 0.29) is 73.1 Å². The zero-order valence-corrected chi connectivity index (χ0v) is 42.1. The van der Waals surface area contributed by atoms with E-state index in [1.54, 1.807) is 65.8 Å². The Kier molecular flexibility index (Phi) is 14.3. The van der Waals surface area contributed by atoms with Gasteiger partial charge in [0.05, 0.1) is 57.3 Å². The van der Waals surface area contributed by atoms with Crippen molar-refractivity contribution in [1.82, 2.24) is 30.6 Å². The van der Waals surface area contributed by atoms with Crippen LogP contribution in [0.5, 0.6) is 0 Å². The highest BCUT2D eigenvalue weighted by molar-refractivity contribution is 7.73. The van der Waals surface area contributed by atoms with Gasteiger partial charge >= 0.3 is 0 Å². The third-order valence-corrected chi connectivity index (χ3v) is 16.2. The molecular formula is C52H58N9O8PS. The monoisotopic (exact) mass is 999 g/mol. The summed E-state index contributed by atoms with van der Waals surface area (Å²) < 4.78 is 5.96. The summed E-state index contributed by atoms with van der Waals surface area (Å²) in [6.45, 7) is 9.74. The van der Waals surface area contributed by atoms with Gasteiger partial charge in [0.2, 0.25) is 29.3 Å². The number of aromatic nitrogens is 2. The summed E-state index contributed by atoms with van der Waals surface area (Å²) in [5.41, 5.74) is 9.36. The van der Waals surface area contributed by atoms with Gasteiger partial charge in [0.1, 0.15) is 18.8 Å². The number of nitrogens with zero attached hydrogens (tertiary/aromatic N) is 5. The van der Waals surface area contributed by atoms with Crippen molar-refractivity contribution < 1.29 is 38.6 Å². The number of ether oxygens (including phenoxy) is 1. The van der Waals surface area contributed by atoms with Crippen LogP contribution in [0.1, 0.15) is 55.2 Å². The number of pyridine rings is 1. The van der Waals surface area contributed by atoms with Crippen LogP contribution in [0.25, 0.3) is 21.3 Å². The lowest BCUT2D eigenvalue weighted by Crippen LogP contribution is -2.56. The number of para-hydroxylation sites is 1. The molecule has 2 saturated heterocycles. The fourth-order valence-electron chi connectivity index (χ4n) is 10.1. The van der Waals surface area contributed by atoms with Gasteiger partial charge in [-0.05, 0) is 96.9 Å². The fraction of sp³-hybridized carbons (Fsp3) is 0.385. The largest absolute Gasteiger partial charge is 0.391 e. The number of β-amino-alcohol motifs (C(OH)–C–C–N with tert-alkyl or cyclic N) is 1. The maximum absolute atomic E-state index is 14.2. The number of nitrogens with one attached hydrogen (secondary N) is 4. The molecule has 17 nitrogen and oxygen atoms in total. The molecule has 8 atom stereocenters. The van der Waals surface area contributed by atoms with E-state index in [1.165, 1.54) is 21.1 Å². The number of aliphatic hydroxyl groups is 1. The molecule has 9 rings (SSSR count). The molecule has 19 heteroatoms. The molecule has 2 bridgehead atoms. The van der Waals surface area contributed by atoms with Gasteiger partial charge in [-0.2, -0.15) is 0 Å². The third-order valence-electron chi connectivity index (χ3n) is 13.8. The lowest BCUT2D eigenvalue weighted by molar-refractivity contribution is -0.140. The van der Waals surface area contributed by atoms with Crippen LogP contribution in [0.2, 0.25) is 0 Å². The Bertz CT molecular complexity index is 2880. The quantitative estimate of drug-likeness (QED) is 0.0224. The number of imide groups is 1. The number of hydrazine groups is 1. The molecule has 71 heavy (non-hydrogen) atoms. The van der Waals surface area contributed by atoms with E-state index in [9.17, 15) is 33.9 Å². The number of hydrogen-bond acceptors (Lipinski definition) is 13. The number of hydrogen-bond donors (Lipinski definition) is 5. The first-order valence-corrected chi connectivity index (χ1v) is 26.5. The fourth-order valence-corrected chi connectivity index (χ4v) is 11.7. The summed E-state index contributed by atoms with van der Waals surface area (Å²) in [5, 5.41) is 22.1. The van der Waals surface area contributed by atoms with Gasteiger partial charge in [-0.3, -0.25) is 38.7 Å². The normalized spacial score (nSPS) is 22.3. The van der Waals surface area contributed by atoms with Crippen molar-refractivity contribution in [1.29, 1.82) is 0 Å². The van der Waals surface area contributed by atoms with Crippen molar-refractivity contribution >= 4 is 82.4 Å². The Balaban J connectivity index is 0.749. The van der Waals surface area contributed by atoms with Crippen molar-refractivity contribution in [3.05, 3.63) is 113 Å². The Morgan fingerprint density at radius 2 is 1.63 bits per heavy atom. The van der Waals surface area contributed by atoms with Gasteiger partial charge in [-0.15, -0.1) is 11.3 Å². The molecule has 5 N–H and O–H groups in total. The summed E-state index contributed by atoms with van der Waals surface area (Å²) in [7, 11) is 0.418. The van der Waals surface area contributed by atoms with Gasteiger partial charge in [-0.25, -0.2) is 15.4 Å². The van der Waals surface area contributed by atoms with Crippen LogP contribution in [0.15, 0.2) is 96.7 Å². The maximum Gasteiger partial charge on any atom is 0.255 e. The molecule has 3 fully saturated rings. The first-order valence-electron chi connectivity index (χ1n) is 23.6. The Hall–Kier alpha value is -6.27. The molecule has 0 radical (unpaired) electrons. The molecule has 370 valence electrons. The topological polar surface area (TPSA) is 215 Å². The number of rotatable bonds is 16. The number of thiazole rings is 1. The minimum Gasteiger partial charge on any atom is -0.391 e. The minimum absolute atomic E-state index is 0.0376. The average Bonchev–Trinajstić information content (AvgIpc) is 4.20. The number of carbonyl (C=O) groups is 6. The Labute approximate surface area is 417 Å². The van der Waals surface area contributed by atoms with Crippen LogP contribution in [0.4, 0.5) is 21.9 Å². The summed E-state index contributed by atoms with van der Waals surface area (Å²) in [4.78, 5) is 94.1. The van der Waals surface area contributed by atoms with Crippen LogP contribution in [-0.2, 0) is 30.5 Å². The highest BCUT2D eigenvalue weighted by atomic mass is 32.1. The van der Waals surface area contributed by atoms with E-state index in [0.717, 1.165) is 33.5 Å². The number of carbonyl (C=O) groups excluding carboxylic acids is 6. The van der Waals surface area contributed by atoms with E-state index in [0.29, 0.717) is 34.7 Å². The van der Waals surface area contributed by atoms with E-state index in [2.05, 4.69) is 43.5 Å². The molecule has 3 unspecified atom stereocenters. The number of benzene rings is 3. The van der Waals surface area contributed by atoms with E-state index >= 15 is 0 Å². The van der Waals surface area contributed by atoms with Gasteiger partial charge in [-0.1, -0.05) is 57.2 Å². The molecule has 3 aromatic carbocycles. The number of allylic oxidation sites excluding steroid dienone is 2. The summed E-state index contributed by atoms with van der Waals surface area (Å²) in [5.74, 6) is -1.94. The summed E-state index contributed by atoms with van der Waals surface area (Å²) in [6, 6.07) is 19.4. The zero-order chi connectivity index (χ0) is 50.3. The van der Waals surface area contributed by atoms with Crippen LogP contribution in [0, 0.1) is 36.0 Å². The number of amides is 6. The summed E-state index contributed by atoms with van der Waals surface area (Å²) in [6.07, 6.45) is 5.94. The van der Waals surface area contributed by atoms with Crippen LogP contribution >= 0.6 is 19.3 Å². The lowest BCUT2D eigenvalue weighted by atomic mass is 9.85. The number of fused-ring (bicyclic) bond motifs is 6. The molecule has 5 aromatic rings. The molecule has 6 amide bonds. The predicted octanol–water partition coefficient (Wildman–Crippen LogP) is 6.94. The van der Waals surface area contributed by atoms with Crippen LogP contribution < -0.4 is 26.3 Å². The highest BCUT2D eigenvalue weighted by Crippen LogP contribution is 2.53. The van der Waals surface area contributed by atoms with Gasteiger partial charge in [0.15, 0.2) is 0 Å². The standard InChI is InChI=1S/C52H58N9O8PS/c1-29-44(71-26-54-29)30-12-16-35(17-13-30)56-47(64)40-23-37(62)25-60(40)50(67)45(52(2,3)4)58-51(68)70(6)28-69-27-59(5)55-24-34-20-21-53-43-38(34)8-7-9-39(43)57-46(63)31-14-18-36(19-15-31)61-48(65)41-32-10-11-33(22-32)42(41)49(61)66/h7-21,26,32-33,37,40-42,45,55,62H,22-25,27-28H2,1-6H3,(H,56,64)(H,57,63)(H,58,68)/t32-,33+,37?,40?,41-,42+,45-,70?/m1/s1. The Morgan fingerprint density at radius 1 is 0.930 bits per heavy atom. The highest BCUT2D eigenvalue weighted by Gasteiger charge is 2.59. The number of aliphatic hydroxyl groups excluding tert-OH is 1. The molecule has 1 saturated carbocycles. The second-order valence-electron chi connectivity index (χ2n) is 19.9. The molecular weight excluding hydrogens is 942 g/mol. The van der Waals surface area contributed by atoms with Gasteiger partial charge in [0, 0.05) is 57.3 Å². The minimum atomic E-state index is -1.39. The van der Waals surface area contributed by atoms with E-state index < -0.39 is 43.3 Å². The third kappa shape index (κ3) is 10.3. The molecule has 2 aliphatic heterocycles. The number of anilines is 3. The molecule has 4 heterocycles. The molecule has 2 aromatic heterocycles. The van der Waals surface area contributed by atoms with Crippen molar-refractivity contribution in [2.24, 2.45) is 29.1 Å². The van der Waals surface area contributed by atoms with Crippen molar-refractivity contribution in [2.75, 3.05) is 48.9 Å². The van der Waals surface area contributed by atoms with Crippen LogP contribution in [-0.4, -0.2) is 112 Å². The maximum atomic E-state index is 14.2. The first kappa shape index (κ1) is 49.7. The number of aryl methyl sites for hydroxylation is 1. The van der Waals surface area contributed by atoms with Gasteiger partial charge in [0.25, 0.3) is 5.91 Å². The molecule has 2 aliphatic carbocycles. The molecule has 4 aliphatic rings. The van der Waals surface area contributed by atoms with Crippen molar-refractivity contribution in [3.8, 4) is 10.4 Å². The van der Waals surface area contributed by atoms with Crippen LogP contribution in [0.3, 0.4) is 0 Å². The Morgan fingerprint density at radius 3 is 2.30 bits per heavy atom. The second kappa shape index (κ2) is 20.5. The first-order chi connectivity index (χ1) is 34.0. The second-order valence-corrected chi connectivity index (χ2v) is 22.8. The van der Waals surface area contributed by atoms with Crippen molar-refractivity contribution in [2.45, 2.75) is 65.3 Å². The van der Waals surface area contributed by atoms with Crippen molar-refractivity contribution in [3.63, 3.8) is 0 Å². The summed E-state index contributed by atoms with van der Waals surface area (Å²) >= 11 is 1.54. The smallest absolute Gasteiger partial charge is 0.255 e. The predicted molar refractivity (Wildman–Crippen MR) is 273 cm³/mol. The van der Waals surface area contributed by atoms with E-state index in [4.69, 9.17) is 4.74 Å². The number of likely N-dealkylation sites (tertiary alicyclic amines) is 1. The molecule has 0 spiro atoms. The van der Waals surface area contributed by atoms with Gasteiger partial charge < -0.3 is 30.7 Å². The van der Waals surface area contributed by atoms with E-state index in [1.807, 2.05) is 65.1 Å².